The average molecular weight is 286 g/mol. The molecule has 0 aliphatic carbocycles. The first-order valence-corrected chi connectivity index (χ1v) is 6.29. The van der Waals surface area contributed by atoms with Crippen LogP contribution in [0.3, 0.4) is 0 Å². The SMILES string of the molecule is CC1CCN(C(=O)c2c(F)cccc2Cl)C1C(=O)O. The molecule has 102 valence electrons. The maximum atomic E-state index is 13.7. The predicted molar refractivity (Wildman–Crippen MR) is 67.7 cm³/mol. The number of halogens is 2. The lowest BCUT2D eigenvalue weighted by Gasteiger charge is -2.24. The van der Waals surface area contributed by atoms with Gasteiger partial charge in [0.2, 0.25) is 0 Å². The van der Waals surface area contributed by atoms with Crippen molar-refractivity contribution in [3.05, 3.63) is 34.6 Å². The normalized spacial score (nSPS) is 22.6. The van der Waals surface area contributed by atoms with E-state index in [1.165, 1.54) is 17.0 Å². The second-order valence-corrected chi connectivity index (χ2v) is 5.05. The molecule has 0 radical (unpaired) electrons. The number of nitrogens with zero attached hydrogens (tertiary/aromatic N) is 1. The van der Waals surface area contributed by atoms with E-state index in [9.17, 15) is 14.0 Å². The fourth-order valence-corrected chi connectivity index (χ4v) is 2.64. The van der Waals surface area contributed by atoms with Crippen molar-refractivity contribution in [2.24, 2.45) is 5.92 Å². The Morgan fingerprint density at radius 2 is 2.16 bits per heavy atom. The van der Waals surface area contributed by atoms with Crippen LogP contribution >= 0.6 is 11.6 Å². The molecule has 0 saturated carbocycles. The van der Waals surface area contributed by atoms with Gasteiger partial charge >= 0.3 is 5.97 Å². The average Bonchev–Trinajstić information content (AvgIpc) is 2.70. The van der Waals surface area contributed by atoms with E-state index in [0.29, 0.717) is 13.0 Å². The van der Waals surface area contributed by atoms with Crippen LogP contribution in [0.1, 0.15) is 23.7 Å². The molecule has 1 saturated heterocycles. The summed E-state index contributed by atoms with van der Waals surface area (Å²) in [7, 11) is 0. The van der Waals surface area contributed by atoms with Crippen LogP contribution in [0.2, 0.25) is 5.02 Å². The molecule has 0 spiro atoms. The molecular weight excluding hydrogens is 273 g/mol. The Morgan fingerprint density at radius 3 is 2.74 bits per heavy atom. The van der Waals surface area contributed by atoms with Crippen LogP contribution in [-0.2, 0) is 4.79 Å². The minimum atomic E-state index is -1.08. The van der Waals surface area contributed by atoms with Crippen LogP contribution in [0, 0.1) is 11.7 Å². The first-order valence-electron chi connectivity index (χ1n) is 5.91. The van der Waals surface area contributed by atoms with Crippen LogP contribution in [0.5, 0.6) is 0 Å². The van der Waals surface area contributed by atoms with E-state index < -0.39 is 23.7 Å². The summed E-state index contributed by atoms with van der Waals surface area (Å²) in [6.45, 7) is 2.05. The number of amides is 1. The van der Waals surface area contributed by atoms with E-state index in [1.54, 1.807) is 6.92 Å². The second kappa shape index (κ2) is 5.17. The number of carboxylic acids is 1. The number of likely N-dealkylation sites (tertiary alicyclic amines) is 1. The minimum absolute atomic E-state index is 0.00584. The molecule has 1 aromatic carbocycles. The molecule has 2 atom stereocenters. The van der Waals surface area contributed by atoms with E-state index in [-0.39, 0.29) is 16.5 Å². The number of aliphatic carboxylic acids is 1. The van der Waals surface area contributed by atoms with Gasteiger partial charge in [-0.25, -0.2) is 9.18 Å². The van der Waals surface area contributed by atoms with Gasteiger partial charge in [-0.3, -0.25) is 4.79 Å². The largest absolute Gasteiger partial charge is 0.480 e. The monoisotopic (exact) mass is 285 g/mol. The lowest BCUT2D eigenvalue weighted by molar-refractivity contribution is -0.142. The summed E-state index contributed by atoms with van der Waals surface area (Å²) in [5.74, 6) is -2.64. The number of rotatable bonds is 2. The van der Waals surface area contributed by atoms with E-state index in [1.807, 2.05) is 0 Å². The summed E-state index contributed by atoms with van der Waals surface area (Å²) < 4.78 is 13.7. The lowest BCUT2D eigenvalue weighted by atomic mass is 10.0. The first kappa shape index (κ1) is 13.8. The summed E-state index contributed by atoms with van der Waals surface area (Å²) in [5, 5.41) is 9.16. The zero-order valence-corrected chi connectivity index (χ0v) is 11.0. The number of carboxylic acid groups (broad SMARTS) is 1. The first-order chi connectivity index (χ1) is 8.93. The fraction of sp³-hybridized carbons (Fsp3) is 0.385. The Hall–Kier alpha value is -1.62. The number of benzene rings is 1. The molecule has 1 N–H and O–H groups in total. The third-order valence-electron chi connectivity index (χ3n) is 3.39. The zero-order valence-electron chi connectivity index (χ0n) is 10.3. The molecule has 6 heteroatoms. The molecule has 1 amide bonds. The Morgan fingerprint density at radius 1 is 1.47 bits per heavy atom. The van der Waals surface area contributed by atoms with Gasteiger partial charge in [0.1, 0.15) is 11.9 Å². The van der Waals surface area contributed by atoms with Crippen molar-refractivity contribution in [2.75, 3.05) is 6.54 Å². The molecule has 19 heavy (non-hydrogen) atoms. The van der Waals surface area contributed by atoms with Gasteiger partial charge in [-0.2, -0.15) is 0 Å². The molecule has 0 aromatic heterocycles. The van der Waals surface area contributed by atoms with Crippen LogP contribution in [0.15, 0.2) is 18.2 Å². The van der Waals surface area contributed by atoms with Crippen molar-refractivity contribution in [1.29, 1.82) is 0 Å². The van der Waals surface area contributed by atoms with E-state index in [2.05, 4.69) is 0 Å². The summed E-state index contributed by atoms with van der Waals surface area (Å²) in [5.41, 5.74) is -0.260. The molecule has 2 unspecified atom stereocenters. The van der Waals surface area contributed by atoms with Gasteiger partial charge in [0, 0.05) is 6.54 Å². The van der Waals surface area contributed by atoms with Crippen molar-refractivity contribution >= 4 is 23.5 Å². The topological polar surface area (TPSA) is 57.6 Å². The molecule has 2 rings (SSSR count). The van der Waals surface area contributed by atoms with Gasteiger partial charge in [0.05, 0.1) is 10.6 Å². The number of hydrogen-bond donors (Lipinski definition) is 1. The third-order valence-corrected chi connectivity index (χ3v) is 3.71. The Kier molecular flexibility index (Phi) is 3.75. The maximum Gasteiger partial charge on any atom is 0.326 e. The summed E-state index contributed by atoms with van der Waals surface area (Å²) >= 11 is 5.83. The quantitative estimate of drug-likeness (QED) is 0.908. The Balaban J connectivity index is 2.37. The van der Waals surface area contributed by atoms with Gasteiger partial charge in [-0.05, 0) is 24.5 Å². The minimum Gasteiger partial charge on any atom is -0.480 e. The van der Waals surface area contributed by atoms with E-state index in [0.717, 1.165) is 6.07 Å². The summed E-state index contributed by atoms with van der Waals surface area (Å²) in [4.78, 5) is 24.7. The van der Waals surface area contributed by atoms with E-state index in [4.69, 9.17) is 16.7 Å². The molecule has 4 nitrogen and oxygen atoms in total. The molecule has 1 aliphatic heterocycles. The van der Waals surface area contributed by atoms with Crippen molar-refractivity contribution < 1.29 is 19.1 Å². The van der Waals surface area contributed by atoms with Gasteiger partial charge < -0.3 is 10.0 Å². The highest BCUT2D eigenvalue weighted by molar-refractivity contribution is 6.33. The van der Waals surface area contributed by atoms with Gasteiger partial charge in [-0.1, -0.05) is 24.6 Å². The van der Waals surface area contributed by atoms with Crippen LogP contribution in [-0.4, -0.2) is 34.5 Å². The number of carbonyl (C=O) groups is 2. The van der Waals surface area contributed by atoms with Crippen molar-refractivity contribution in [2.45, 2.75) is 19.4 Å². The van der Waals surface area contributed by atoms with Crippen molar-refractivity contribution in [3.63, 3.8) is 0 Å². The summed E-state index contributed by atoms with van der Waals surface area (Å²) in [6.07, 6.45) is 0.578. The third kappa shape index (κ3) is 2.42. The fourth-order valence-electron chi connectivity index (χ4n) is 2.40. The Labute approximate surface area is 114 Å². The Bertz CT molecular complexity index is 514. The molecule has 1 heterocycles. The highest BCUT2D eigenvalue weighted by Gasteiger charge is 2.40. The van der Waals surface area contributed by atoms with Crippen molar-refractivity contribution in [1.82, 2.24) is 4.90 Å². The molecule has 1 aromatic rings. The predicted octanol–water partition coefficient (Wildman–Crippen LogP) is 2.41. The molecule has 0 bridgehead atoms. The molecule has 1 fully saturated rings. The van der Waals surface area contributed by atoms with Crippen LogP contribution in [0.4, 0.5) is 4.39 Å². The van der Waals surface area contributed by atoms with E-state index >= 15 is 0 Å². The zero-order chi connectivity index (χ0) is 14.2. The highest BCUT2D eigenvalue weighted by Crippen LogP contribution is 2.28. The van der Waals surface area contributed by atoms with Gasteiger partial charge in [0.25, 0.3) is 5.91 Å². The molecule has 1 aliphatic rings. The number of carbonyl (C=O) groups excluding carboxylic acids is 1. The van der Waals surface area contributed by atoms with Gasteiger partial charge in [0.15, 0.2) is 0 Å². The van der Waals surface area contributed by atoms with Crippen molar-refractivity contribution in [3.8, 4) is 0 Å². The maximum absolute atomic E-state index is 13.7. The number of hydrogen-bond acceptors (Lipinski definition) is 2. The molecular formula is C13H13ClFNO3. The lowest BCUT2D eigenvalue weighted by Crippen LogP contribution is -2.43. The van der Waals surface area contributed by atoms with Gasteiger partial charge in [-0.15, -0.1) is 0 Å². The van der Waals surface area contributed by atoms with Crippen LogP contribution in [0.25, 0.3) is 0 Å². The smallest absolute Gasteiger partial charge is 0.326 e. The highest BCUT2D eigenvalue weighted by atomic mass is 35.5. The summed E-state index contributed by atoms with van der Waals surface area (Å²) in [6, 6.07) is 3.01. The second-order valence-electron chi connectivity index (χ2n) is 4.64. The van der Waals surface area contributed by atoms with Crippen LogP contribution < -0.4 is 0 Å². The standard InChI is InChI=1S/C13H13ClFNO3/c1-7-5-6-16(11(7)13(18)19)12(17)10-8(14)3-2-4-9(10)15/h2-4,7,11H,5-6H2,1H3,(H,18,19).